The van der Waals surface area contributed by atoms with Crippen LogP contribution < -0.4 is 14.4 Å². The number of ether oxygens (including phenoxy) is 2. The number of likely N-dealkylation sites (tertiary alicyclic amines) is 1. The Kier molecular flexibility index (Phi) is 6.58. The Morgan fingerprint density at radius 3 is 2.65 bits per heavy atom. The molecule has 1 fully saturated rings. The van der Waals surface area contributed by atoms with Crippen LogP contribution in [0.2, 0.25) is 0 Å². The maximum Gasteiger partial charge on any atom is 0.265 e. The zero-order valence-electron chi connectivity index (χ0n) is 17.4. The van der Waals surface area contributed by atoms with Gasteiger partial charge in [-0.15, -0.1) is 0 Å². The van der Waals surface area contributed by atoms with Crippen LogP contribution in [0.25, 0.3) is 0 Å². The number of aliphatic hydroxyl groups excluding tert-OH is 1. The number of para-hydroxylation sites is 2. The number of benzene rings is 2. The van der Waals surface area contributed by atoms with Gasteiger partial charge in [0.15, 0.2) is 6.10 Å². The Bertz CT molecular complexity index is 935. The minimum atomic E-state index is -0.757. The third-order valence-electron chi connectivity index (χ3n) is 5.66. The van der Waals surface area contributed by atoms with Gasteiger partial charge >= 0.3 is 0 Å². The summed E-state index contributed by atoms with van der Waals surface area (Å²) in [5.41, 5.74) is 1.42. The first-order valence-electron chi connectivity index (χ1n) is 10.7. The zero-order chi connectivity index (χ0) is 21.6. The zero-order valence-corrected chi connectivity index (χ0v) is 17.4. The fourth-order valence-electron chi connectivity index (χ4n) is 4.05. The smallest absolute Gasteiger partial charge is 0.265 e. The molecule has 2 aliphatic rings. The van der Waals surface area contributed by atoms with Crippen molar-refractivity contribution in [1.29, 1.82) is 5.26 Å². The van der Waals surface area contributed by atoms with Crippen molar-refractivity contribution in [2.24, 2.45) is 0 Å². The monoisotopic (exact) mass is 421 g/mol. The second-order valence-corrected chi connectivity index (χ2v) is 7.97. The molecule has 2 atom stereocenters. The lowest BCUT2D eigenvalue weighted by Crippen LogP contribution is -2.53. The molecule has 0 bridgehead atoms. The maximum absolute atomic E-state index is 13.0. The molecule has 0 spiro atoms. The lowest BCUT2D eigenvalue weighted by atomic mass is 10.1. The van der Waals surface area contributed by atoms with Crippen LogP contribution in [0.1, 0.15) is 24.8 Å². The molecular weight excluding hydrogens is 394 g/mol. The number of nitriles is 1. The van der Waals surface area contributed by atoms with Crippen molar-refractivity contribution in [1.82, 2.24) is 4.90 Å². The summed E-state index contributed by atoms with van der Waals surface area (Å²) in [6, 6.07) is 16.4. The molecule has 1 saturated heterocycles. The highest BCUT2D eigenvalue weighted by molar-refractivity contribution is 5.83. The summed E-state index contributed by atoms with van der Waals surface area (Å²) in [6.07, 6.45) is 1.89. The number of amides is 1. The van der Waals surface area contributed by atoms with E-state index in [1.807, 2.05) is 34.1 Å². The van der Waals surface area contributed by atoms with Crippen LogP contribution in [0.4, 0.5) is 5.69 Å². The van der Waals surface area contributed by atoms with Crippen LogP contribution in [0.5, 0.6) is 11.5 Å². The summed E-state index contributed by atoms with van der Waals surface area (Å²) in [6.45, 7) is 2.37. The maximum atomic E-state index is 13.0. The quantitative estimate of drug-likeness (QED) is 0.772. The van der Waals surface area contributed by atoms with E-state index in [9.17, 15) is 9.90 Å². The number of piperidine rings is 1. The predicted octanol–water partition coefficient (Wildman–Crippen LogP) is 2.58. The number of β-amino-alcohol motifs (C(OH)–C–C–N with tert-alkyl or cyclic N) is 1. The number of hydrogen-bond acceptors (Lipinski definition) is 6. The summed E-state index contributed by atoms with van der Waals surface area (Å²) in [4.78, 5) is 16.9. The van der Waals surface area contributed by atoms with Crippen molar-refractivity contribution >= 4 is 11.6 Å². The molecule has 0 radical (unpaired) electrons. The number of anilines is 1. The Labute approximate surface area is 182 Å². The van der Waals surface area contributed by atoms with Crippen LogP contribution in [0.3, 0.4) is 0 Å². The standard InChI is InChI=1S/C24H27N3O4/c25-14-18-8-10-20(11-9-18)30-17-19(28)15-27-16-23(24(29)26-12-4-1-5-13-26)31-22-7-3-2-6-21(22)27/h2-3,6-11,19,23,28H,1,4-5,12-13,15-17H2. The van der Waals surface area contributed by atoms with Gasteiger partial charge in [0.25, 0.3) is 5.91 Å². The molecule has 7 nitrogen and oxygen atoms in total. The Hall–Kier alpha value is -3.24. The van der Waals surface area contributed by atoms with E-state index in [0.29, 0.717) is 30.2 Å². The average Bonchev–Trinajstić information content (AvgIpc) is 2.83. The highest BCUT2D eigenvalue weighted by atomic mass is 16.5. The Morgan fingerprint density at radius 1 is 1.16 bits per heavy atom. The number of hydrogen-bond donors (Lipinski definition) is 1. The molecule has 0 saturated carbocycles. The second-order valence-electron chi connectivity index (χ2n) is 7.97. The molecule has 2 aromatic rings. The molecule has 7 heteroatoms. The predicted molar refractivity (Wildman–Crippen MR) is 116 cm³/mol. The molecule has 2 heterocycles. The summed E-state index contributed by atoms with van der Waals surface area (Å²) >= 11 is 0. The first-order chi connectivity index (χ1) is 15.1. The third-order valence-corrected chi connectivity index (χ3v) is 5.66. The van der Waals surface area contributed by atoms with Crippen molar-refractivity contribution in [3.05, 3.63) is 54.1 Å². The second kappa shape index (κ2) is 9.71. The lowest BCUT2D eigenvalue weighted by molar-refractivity contribution is -0.139. The molecule has 1 N–H and O–H groups in total. The van der Waals surface area contributed by atoms with E-state index in [4.69, 9.17) is 14.7 Å². The molecule has 0 aliphatic carbocycles. The van der Waals surface area contributed by atoms with E-state index >= 15 is 0 Å². The van der Waals surface area contributed by atoms with Gasteiger partial charge in [-0.2, -0.15) is 5.26 Å². The number of carbonyl (C=O) groups excluding carboxylic acids is 1. The number of carbonyl (C=O) groups is 1. The van der Waals surface area contributed by atoms with E-state index in [1.54, 1.807) is 24.3 Å². The summed E-state index contributed by atoms with van der Waals surface area (Å²) < 4.78 is 11.7. The van der Waals surface area contributed by atoms with Gasteiger partial charge in [-0.25, -0.2) is 0 Å². The van der Waals surface area contributed by atoms with Crippen molar-refractivity contribution in [3.63, 3.8) is 0 Å². The van der Waals surface area contributed by atoms with Crippen LogP contribution >= 0.6 is 0 Å². The number of fused-ring (bicyclic) bond motifs is 1. The number of rotatable bonds is 6. The van der Waals surface area contributed by atoms with Gasteiger partial charge in [-0.05, 0) is 55.7 Å². The van der Waals surface area contributed by atoms with Gasteiger partial charge in [0, 0.05) is 19.6 Å². The number of nitrogens with zero attached hydrogens (tertiary/aromatic N) is 3. The molecule has 1 amide bonds. The summed E-state index contributed by atoms with van der Waals surface area (Å²) in [7, 11) is 0. The van der Waals surface area contributed by atoms with Gasteiger partial charge in [-0.1, -0.05) is 12.1 Å². The third kappa shape index (κ3) is 5.09. The largest absolute Gasteiger partial charge is 0.491 e. The lowest BCUT2D eigenvalue weighted by Gasteiger charge is -2.39. The van der Waals surface area contributed by atoms with E-state index in [2.05, 4.69) is 6.07 Å². The fraction of sp³-hybridized carbons (Fsp3) is 0.417. The van der Waals surface area contributed by atoms with Crippen molar-refractivity contribution in [2.75, 3.05) is 37.7 Å². The molecule has 162 valence electrons. The van der Waals surface area contributed by atoms with Gasteiger partial charge < -0.3 is 24.4 Å². The number of aliphatic hydroxyl groups is 1. The van der Waals surface area contributed by atoms with E-state index in [0.717, 1.165) is 38.0 Å². The fourth-order valence-corrected chi connectivity index (χ4v) is 4.05. The first kappa shape index (κ1) is 21.0. The molecule has 31 heavy (non-hydrogen) atoms. The first-order valence-corrected chi connectivity index (χ1v) is 10.7. The highest BCUT2D eigenvalue weighted by Gasteiger charge is 2.34. The topological polar surface area (TPSA) is 86.0 Å². The normalized spacial score (nSPS) is 19.0. The van der Waals surface area contributed by atoms with Crippen LogP contribution in [-0.4, -0.2) is 60.9 Å². The minimum Gasteiger partial charge on any atom is -0.491 e. The van der Waals surface area contributed by atoms with Gasteiger partial charge in [0.05, 0.1) is 23.9 Å². The highest BCUT2D eigenvalue weighted by Crippen LogP contribution is 2.33. The summed E-state index contributed by atoms with van der Waals surface area (Å²) in [5, 5.41) is 19.5. The van der Waals surface area contributed by atoms with Crippen molar-refractivity contribution < 1.29 is 19.4 Å². The van der Waals surface area contributed by atoms with Gasteiger partial charge in [0.1, 0.15) is 24.2 Å². The minimum absolute atomic E-state index is 0.0162. The van der Waals surface area contributed by atoms with Crippen molar-refractivity contribution in [3.8, 4) is 17.6 Å². The molecular formula is C24H27N3O4. The van der Waals surface area contributed by atoms with Crippen LogP contribution in [0.15, 0.2) is 48.5 Å². The summed E-state index contributed by atoms with van der Waals surface area (Å²) in [5.74, 6) is 1.27. The molecule has 4 rings (SSSR count). The molecule has 2 unspecified atom stereocenters. The van der Waals surface area contributed by atoms with Crippen LogP contribution in [0, 0.1) is 11.3 Å². The average molecular weight is 421 g/mol. The Morgan fingerprint density at radius 2 is 1.90 bits per heavy atom. The Balaban J connectivity index is 1.40. The van der Waals surface area contributed by atoms with Gasteiger partial charge in [-0.3, -0.25) is 4.79 Å². The molecule has 2 aromatic carbocycles. The van der Waals surface area contributed by atoms with E-state index in [1.165, 1.54) is 0 Å². The molecule has 0 aromatic heterocycles. The SMILES string of the molecule is N#Cc1ccc(OCC(O)CN2CC(C(=O)N3CCCCC3)Oc3ccccc32)cc1. The van der Waals surface area contributed by atoms with Crippen LogP contribution in [-0.2, 0) is 4.79 Å². The van der Waals surface area contributed by atoms with Gasteiger partial charge in [0.2, 0.25) is 0 Å². The molecule has 2 aliphatic heterocycles. The van der Waals surface area contributed by atoms with E-state index < -0.39 is 12.2 Å². The van der Waals surface area contributed by atoms with Crippen molar-refractivity contribution in [2.45, 2.75) is 31.5 Å². The van der Waals surface area contributed by atoms with E-state index in [-0.39, 0.29) is 12.5 Å².